The van der Waals surface area contributed by atoms with Gasteiger partial charge in [-0.05, 0) is 66.8 Å². The molecule has 2 bridgehead atoms. The number of fused-ring (bicyclic) bond motifs is 3. The summed E-state index contributed by atoms with van der Waals surface area (Å²) in [5.41, 5.74) is 8.07. The minimum Gasteiger partial charge on any atom is -0.369 e. The van der Waals surface area contributed by atoms with Crippen LogP contribution in [0.2, 0.25) is 0 Å². The smallest absolute Gasteiger partial charge is 0.253 e. The molecule has 1 aliphatic heterocycles. The Balaban J connectivity index is 1.24. The van der Waals surface area contributed by atoms with Crippen molar-refractivity contribution in [1.82, 2.24) is 14.9 Å². The molecule has 34 heavy (non-hydrogen) atoms. The number of amides is 2. The molecule has 4 N–H and O–H groups in total. The summed E-state index contributed by atoms with van der Waals surface area (Å²) in [6, 6.07) is 9.32. The van der Waals surface area contributed by atoms with Crippen molar-refractivity contribution in [2.45, 2.75) is 25.3 Å². The molecule has 1 saturated heterocycles. The molecule has 0 radical (unpaired) electrons. The van der Waals surface area contributed by atoms with Gasteiger partial charge in [0.05, 0.1) is 16.1 Å². The van der Waals surface area contributed by atoms with E-state index in [0.717, 1.165) is 48.3 Å². The van der Waals surface area contributed by atoms with Gasteiger partial charge in [-0.1, -0.05) is 12.2 Å². The van der Waals surface area contributed by atoms with Crippen LogP contribution in [-0.2, 0) is 4.79 Å². The lowest BCUT2D eigenvalue weighted by Gasteiger charge is -2.27. The molecule has 8 nitrogen and oxygen atoms in total. The molecule has 6 rings (SSSR count). The fourth-order valence-corrected chi connectivity index (χ4v) is 6.29. The van der Waals surface area contributed by atoms with Crippen molar-refractivity contribution < 1.29 is 9.59 Å². The Morgan fingerprint density at radius 2 is 1.79 bits per heavy atom. The molecule has 3 aliphatic rings. The number of primary amides is 1. The summed E-state index contributed by atoms with van der Waals surface area (Å²) < 4.78 is 0.951. The van der Waals surface area contributed by atoms with Gasteiger partial charge in [-0.3, -0.25) is 9.59 Å². The standard InChI is InChI=1S/C25H26N6O2S/c26-22(32)19-15-3-4-16(13-15)20(19)29-23-21-18(9-12-34-21)28-25(30-23)27-17-7-5-14(6-8-17)24(33)31-10-1-2-11-31/h3-9,12,15-16,19-20H,1-2,10-11,13H2,(H2,26,32)(H2,27,28,29,30)/t15-,16+,19+,20-/m1/s1. The van der Waals surface area contributed by atoms with Gasteiger partial charge in [-0.15, -0.1) is 11.3 Å². The van der Waals surface area contributed by atoms with E-state index in [2.05, 4.69) is 27.8 Å². The van der Waals surface area contributed by atoms with Crippen molar-refractivity contribution in [2.75, 3.05) is 23.7 Å². The molecule has 2 fully saturated rings. The Morgan fingerprint density at radius 3 is 2.56 bits per heavy atom. The summed E-state index contributed by atoms with van der Waals surface area (Å²) in [7, 11) is 0. The third-order valence-electron chi connectivity index (χ3n) is 7.18. The van der Waals surface area contributed by atoms with Gasteiger partial charge >= 0.3 is 0 Å². The highest BCUT2D eigenvalue weighted by molar-refractivity contribution is 7.17. The van der Waals surface area contributed by atoms with Crippen LogP contribution < -0.4 is 16.4 Å². The van der Waals surface area contributed by atoms with Gasteiger partial charge in [0.1, 0.15) is 5.82 Å². The molecule has 2 aromatic heterocycles. The molecule has 0 spiro atoms. The number of likely N-dealkylation sites (tertiary alicyclic amines) is 1. The lowest BCUT2D eigenvalue weighted by atomic mass is 9.88. The normalized spacial score (nSPS) is 25.2. The summed E-state index contributed by atoms with van der Waals surface area (Å²) in [6.45, 7) is 1.66. The number of allylic oxidation sites excluding steroid dienone is 1. The Morgan fingerprint density at radius 1 is 1.03 bits per heavy atom. The quantitative estimate of drug-likeness (QED) is 0.469. The van der Waals surface area contributed by atoms with Crippen molar-refractivity contribution >= 4 is 50.8 Å². The van der Waals surface area contributed by atoms with Crippen LogP contribution >= 0.6 is 11.3 Å². The number of hydrogen-bond acceptors (Lipinski definition) is 7. The zero-order valence-corrected chi connectivity index (χ0v) is 19.4. The highest BCUT2D eigenvalue weighted by atomic mass is 32.1. The molecule has 0 unspecified atom stereocenters. The lowest BCUT2D eigenvalue weighted by molar-refractivity contribution is -0.122. The first kappa shape index (κ1) is 21.1. The molecule has 9 heteroatoms. The molecular weight excluding hydrogens is 448 g/mol. The van der Waals surface area contributed by atoms with E-state index < -0.39 is 0 Å². The third kappa shape index (κ3) is 3.69. The SMILES string of the molecule is NC(=O)[C@@H]1[C@H](Nc2nc(Nc3ccc(C(=O)N4CCCC4)cc3)nc3ccsc23)[C@H]2C=C[C@@H]1C2. The van der Waals surface area contributed by atoms with Gasteiger partial charge < -0.3 is 21.3 Å². The first-order valence-electron chi connectivity index (χ1n) is 11.7. The number of carbonyl (C=O) groups is 2. The molecule has 4 atom stereocenters. The van der Waals surface area contributed by atoms with Gasteiger partial charge in [0, 0.05) is 30.4 Å². The number of thiophene rings is 1. The number of rotatable bonds is 6. The number of nitrogens with two attached hydrogens (primary N) is 1. The number of nitrogens with one attached hydrogen (secondary N) is 2. The summed E-state index contributed by atoms with van der Waals surface area (Å²) >= 11 is 1.57. The second-order valence-corrected chi connectivity index (χ2v) is 10.2. The second kappa shape index (κ2) is 8.39. The number of aromatic nitrogens is 2. The van der Waals surface area contributed by atoms with Crippen LogP contribution in [0.3, 0.4) is 0 Å². The van der Waals surface area contributed by atoms with Crippen LogP contribution in [0.1, 0.15) is 29.6 Å². The van der Waals surface area contributed by atoms with E-state index in [0.29, 0.717) is 17.3 Å². The maximum Gasteiger partial charge on any atom is 0.253 e. The van der Waals surface area contributed by atoms with Gasteiger partial charge in [-0.2, -0.15) is 4.98 Å². The zero-order valence-electron chi connectivity index (χ0n) is 18.6. The van der Waals surface area contributed by atoms with E-state index in [4.69, 9.17) is 10.7 Å². The molecule has 1 saturated carbocycles. The minimum atomic E-state index is -0.271. The number of benzene rings is 1. The monoisotopic (exact) mass is 474 g/mol. The van der Waals surface area contributed by atoms with Crippen molar-refractivity contribution in [3.63, 3.8) is 0 Å². The minimum absolute atomic E-state index is 0.0727. The van der Waals surface area contributed by atoms with E-state index in [1.165, 1.54) is 0 Å². The molecular formula is C25H26N6O2S. The fourth-order valence-electron chi connectivity index (χ4n) is 5.51. The third-order valence-corrected chi connectivity index (χ3v) is 8.09. The van der Waals surface area contributed by atoms with Gasteiger partial charge in [0.2, 0.25) is 11.9 Å². The van der Waals surface area contributed by atoms with Crippen molar-refractivity contribution in [2.24, 2.45) is 23.5 Å². The van der Waals surface area contributed by atoms with E-state index >= 15 is 0 Å². The second-order valence-electron chi connectivity index (χ2n) is 9.28. The predicted octanol–water partition coefficient (Wildman–Crippen LogP) is 3.76. The van der Waals surface area contributed by atoms with Crippen LogP contribution in [0.15, 0.2) is 47.9 Å². The van der Waals surface area contributed by atoms with Crippen molar-refractivity contribution in [3.05, 3.63) is 53.4 Å². The average molecular weight is 475 g/mol. The molecule has 3 aromatic rings. The topological polar surface area (TPSA) is 113 Å². The van der Waals surface area contributed by atoms with E-state index in [9.17, 15) is 9.59 Å². The first-order valence-corrected chi connectivity index (χ1v) is 12.6. The highest BCUT2D eigenvalue weighted by Crippen LogP contribution is 2.45. The summed E-state index contributed by atoms with van der Waals surface area (Å²) in [4.78, 5) is 36.1. The predicted molar refractivity (Wildman–Crippen MR) is 133 cm³/mol. The van der Waals surface area contributed by atoms with Crippen LogP contribution in [0.4, 0.5) is 17.5 Å². The van der Waals surface area contributed by atoms with Crippen LogP contribution in [0, 0.1) is 17.8 Å². The molecule has 174 valence electrons. The van der Waals surface area contributed by atoms with E-state index in [-0.39, 0.29) is 35.6 Å². The molecule has 1 aromatic carbocycles. The fraction of sp³-hybridized carbons (Fsp3) is 0.360. The number of anilines is 3. The number of nitrogens with zero attached hydrogens (tertiary/aromatic N) is 3. The Hall–Kier alpha value is -3.46. The summed E-state index contributed by atoms with van der Waals surface area (Å²) in [5.74, 6) is 1.20. The van der Waals surface area contributed by atoms with Crippen molar-refractivity contribution in [1.29, 1.82) is 0 Å². The van der Waals surface area contributed by atoms with Crippen molar-refractivity contribution in [3.8, 4) is 0 Å². The van der Waals surface area contributed by atoms with Gasteiger partial charge in [0.15, 0.2) is 0 Å². The van der Waals surface area contributed by atoms with Crippen LogP contribution in [-0.4, -0.2) is 45.8 Å². The Kier molecular flexibility index (Phi) is 5.21. The van der Waals surface area contributed by atoms with Crippen LogP contribution in [0.5, 0.6) is 0 Å². The lowest BCUT2D eigenvalue weighted by Crippen LogP contribution is -2.41. The van der Waals surface area contributed by atoms with Gasteiger partial charge in [0.25, 0.3) is 5.91 Å². The first-order chi connectivity index (χ1) is 16.6. The van der Waals surface area contributed by atoms with E-state index in [1.807, 2.05) is 40.6 Å². The molecule has 2 aliphatic carbocycles. The van der Waals surface area contributed by atoms with E-state index in [1.54, 1.807) is 11.3 Å². The summed E-state index contributed by atoms with van der Waals surface area (Å²) in [5, 5.41) is 8.78. The zero-order chi connectivity index (χ0) is 23.2. The largest absolute Gasteiger partial charge is 0.369 e. The Bertz CT molecular complexity index is 1280. The van der Waals surface area contributed by atoms with Gasteiger partial charge in [-0.25, -0.2) is 4.98 Å². The maximum absolute atomic E-state index is 12.6. The highest BCUT2D eigenvalue weighted by Gasteiger charge is 2.47. The maximum atomic E-state index is 12.6. The molecule has 3 heterocycles. The number of hydrogen-bond donors (Lipinski definition) is 3. The number of carbonyl (C=O) groups excluding carboxylic acids is 2. The summed E-state index contributed by atoms with van der Waals surface area (Å²) in [6.07, 6.45) is 7.38. The average Bonchev–Trinajstić information content (AvgIpc) is 3.63. The molecule has 2 amide bonds. The van der Waals surface area contributed by atoms with Crippen LogP contribution in [0.25, 0.3) is 10.2 Å². The Labute approximate surface area is 201 Å².